The summed E-state index contributed by atoms with van der Waals surface area (Å²) >= 11 is 6.09. The van der Waals surface area contributed by atoms with Gasteiger partial charge in [0.15, 0.2) is 0 Å². The number of fused-ring (bicyclic) bond motifs is 1. The fourth-order valence-electron chi connectivity index (χ4n) is 3.42. The van der Waals surface area contributed by atoms with Crippen molar-refractivity contribution in [2.45, 2.75) is 58.7 Å². The van der Waals surface area contributed by atoms with E-state index in [0.717, 1.165) is 0 Å². The third-order valence-electron chi connectivity index (χ3n) is 4.70. The maximum atomic E-state index is 12.8. The predicted octanol–water partition coefficient (Wildman–Crippen LogP) is 4.68. The van der Waals surface area contributed by atoms with E-state index in [1.165, 1.54) is 6.26 Å². The smallest absolute Gasteiger partial charge is 0.306 e. The largest absolute Gasteiger partial charge is 0.493 e. The second-order valence-corrected chi connectivity index (χ2v) is 8.73. The number of hydrogen-bond donors (Lipinski definition) is 0. The highest BCUT2D eigenvalue weighted by atomic mass is 35.5. The third-order valence-corrected chi connectivity index (χ3v) is 5.01. The van der Waals surface area contributed by atoms with Gasteiger partial charge in [-0.25, -0.2) is 0 Å². The molecule has 1 heterocycles. The molecule has 3 unspecified atom stereocenters. The Balaban J connectivity index is 1.61. The number of hydrogen-bond acceptors (Lipinski definition) is 5. The van der Waals surface area contributed by atoms with Gasteiger partial charge in [0.05, 0.1) is 17.4 Å². The molecule has 0 spiro atoms. The number of benzene rings is 1. The summed E-state index contributed by atoms with van der Waals surface area (Å²) in [5.74, 6) is 0.000189. The Hall–Kier alpha value is -2.01. The summed E-state index contributed by atoms with van der Waals surface area (Å²) in [5.41, 5.74) is -0.112. The Bertz CT molecular complexity index is 749. The number of ketones is 1. The van der Waals surface area contributed by atoms with Gasteiger partial charge in [-0.1, -0.05) is 44.5 Å². The van der Waals surface area contributed by atoms with Gasteiger partial charge in [-0.15, -0.1) is 0 Å². The van der Waals surface area contributed by atoms with Crippen LogP contribution in [-0.4, -0.2) is 24.0 Å². The highest BCUT2D eigenvalue weighted by Crippen LogP contribution is 2.36. The number of allylic oxidation sites excluding steroid dienone is 1. The van der Waals surface area contributed by atoms with E-state index in [1.54, 1.807) is 24.3 Å². The first-order valence-corrected chi connectivity index (χ1v) is 9.62. The monoisotopic (exact) mass is 392 g/mol. The minimum Gasteiger partial charge on any atom is -0.493 e. The van der Waals surface area contributed by atoms with Crippen molar-refractivity contribution in [3.8, 4) is 5.75 Å². The van der Waals surface area contributed by atoms with Crippen LogP contribution in [0.15, 0.2) is 36.3 Å². The van der Waals surface area contributed by atoms with E-state index in [0.29, 0.717) is 36.5 Å². The lowest BCUT2D eigenvalue weighted by molar-refractivity contribution is -0.157. The van der Waals surface area contributed by atoms with E-state index in [2.05, 4.69) is 0 Å². The molecule has 1 fully saturated rings. The average Bonchev–Trinajstić information content (AvgIpc) is 2.57. The molecule has 1 aliphatic carbocycles. The Morgan fingerprint density at radius 3 is 2.70 bits per heavy atom. The van der Waals surface area contributed by atoms with Gasteiger partial charge in [-0.2, -0.15) is 0 Å². The fourth-order valence-corrected chi connectivity index (χ4v) is 3.60. The summed E-state index contributed by atoms with van der Waals surface area (Å²) in [6.07, 6.45) is 2.97. The second-order valence-electron chi connectivity index (χ2n) is 8.32. The lowest BCUT2D eigenvalue weighted by Gasteiger charge is -2.37. The molecule has 0 radical (unpaired) electrons. The lowest BCUT2D eigenvalue weighted by atomic mass is 9.80. The summed E-state index contributed by atoms with van der Waals surface area (Å²) in [7, 11) is 0. The van der Waals surface area contributed by atoms with E-state index in [9.17, 15) is 9.59 Å². The van der Waals surface area contributed by atoms with Gasteiger partial charge in [-0.3, -0.25) is 9.59 Å². The highest BCUT2D eigenvalue weighted by molar-refractivity contribution is 6.32. The van der Waals surface area contributed by atoms with Gasteiger partial charge >= 0.3 is 5.97 Å². The number of ether oxygens (including phenoxy) is 3. The summed E-state index contributed by atoms with van der Waals surface area (Å²) in [5, 5.41) is 0.433. The Kier molecular flexibility index (Phi) is 5.80. The first kappa shape index (κ1) is 19.7. The first-order chi connectivity index (χ1) is 12.7. The molecular formula is C21H25ClO5. The van der Waals surface area contributed by atoms with Crippen LogP contribution in [-0.2, 0) is 19.1 Å². The zero-order valence-electron chi connectivity index (χ0n) is 15.9. The summed E-state index contributed by atoms with van der Waals surface area (Å²) < 4.78 is 17.0. The fraction of sp³-hybridized carbons (Fsp3) is 0.524. The topological polar surface area (TPSA) is 61.8 Å². The van der Waals surface area contributed by atoms with Crippen molar-refractivity contribution in [2.24, 2.45) is 11.3 Å². The lowest BCUT2D eigenvalue weighted by Crippen LogP contribution is -2.43. The molecule has 3 rings (SSSR count). The molecule has 0 amide bonds. The number of esters is 1. The molecule has 0 aromatic heterocycles. The van der Waals surface area contributed by atoms with Gasteiger partial charge in [0.1, 0.15) is 24.2 Å². The average molecular weight is 393 g/mol. The Morgan fingerprint density at radius 2 is 2.00 bits per heavy atom. The second kappa shape index (κ2) is 7.93. The molecule has 146 valence electrons. The zero-order chi connectivity index (χ0) is 19.6. The number of Topliss-reactive ketones (excluding diaryl/α,β-unsaturated/α-hetero) is 1. The van der Waals surface area contributed by atoms with Crippen LogP contribution in [0.1, 0.15) is 46.5 Å². The molecule has 1 saturated carbocycles. The predicted molar refractivity (Wildman–Crippen MR) is 101 cm³/mol. The van der Waals surface area contributed by atoms with E-state index >= 15 is 0 Å². The van der Waals surface area contributed by atoms with Crippen LogP contribution in [0.5, 0.6) is 5.75 Å². The number of carbonyl (C=O) groups excluding carboxylic acids is 2. The first-order valence-electron chi connectivity index (χ1n) is 9.24. The molecule has 3 atom stereocenters. The van der Waals surface area contributed by atoms with Gasteiger partial charge in [0, 0.05) is 6.42 Å². The highest BCUT2D eigenvalue weighted by Gasteiger charge is 2.42. The van der Waals surface area contributed by atoms with E-state index < -0.39 is 0 Å². The minimum absolute atomic E-state index is 0.0920. The van der Waals surface area contributed by atoms with Crippen LogP contribution in [0.25, 0.3) is 0 Å². The molecule has 1 aromatic rings. The van der Waals surface area contributed by atoms with Gasteiger partial charge in [0.2, 0.25) is 11.5 Å². The minimum atomic E-state index is -0.294. The Labute approximate surface area is 164 Å². The van der Waals surface area contributed by atoms with E-state index in [1.807, 2.05) is 20.8 Å². The number of para-hydroxylation sites is 1. The third kappa shape index (κ3) is 5.04. The maximum absolute atomic E-state index is 12.8. The van der Waals surface area contributed by atoms with E-state index in [-0.39, 0.29) is 41.1 Å². The Morgan fingerprint density at radius 1 is 1.26 bits per heavy atom. The molecule has 0 N–H and O–H groups in total. The maximum Gasteiger partial charge on any atom is 0.306 e. The van der Waals surface area contributed by atoms with Crippen LogP contribution in [0.4, 0.5) is 0 Å². The molecular weight excluding hydrogens is 368 g/mol. The van der Waals surface area contributed by atoms with Crippen LogP contribution < -0.4 is 4.74 Å². The van der Waals surface area contributed by atoms with Crippen molar-refractivity contribution < 1.29 is 23.8 Å². The molecule has 1 aliphatic heterocycles. The van der Waals surface area contributed by atoms with Gasteiger partial charge in [0.25, 0.3) is 0 Å². The van der Waals surface area contributed by atoms with Crippen molar-refractivity contribution in [1.82, 2.24) is 0 Å². The molecule has 27 heavy (non-hydrogen) atoms. The van der Waals surface area contributed by atoms with Crippen molar-refractivity contribution in [3.63, 3.8) is 0 Å². The van der Waals surface area contributed by atoms with Crippen LogP contribution in [0.3, 0.4) is 0 Å². The summed E-state index contributed by atoms with van der Waals surface area (Å²) in [6, 6.07) is 6.98. The normalized spacial score (nSPS) is 25.1. The molecule has 2 aliphatic rings. The van der Waals surface area contributed by atoms with Crippen LogP contribution in [0.2, 0.25) is 5.02 Å². The zero-order valence-corrected chi connectivity index (χ0v) is 16.6. The number of carbonyl (C=O) groups is 2. The van der Waals surface area contributed by atoms with Crippen LogP contribution in [0, 0.1) is 11.3 Å². The van der Waals surface area contributed by atoms with Crippen LogP contribution >= 0.6 is 11.6 Å². The van der Waals surface area contributed by atoms with Gasteiger partial charge in [-0.05, 0) is 30.4 Å². The van der Waals surface area contributed by atoms with E-state index in [4.69, 9.17) is 25.8 Å². The van der Waals surface area contributed by atoms with Crippen molar-refractivity contribution in [2.75, 3.05) is 0 Å². The molecule has 5 nitrogen and oxygen atoms in total. The molecule has 6 heteroatoms. The summed E-state index contributed by atoms with van der Waals surface area (Å²) in [6.45, 7) is 6.00. The standard InChI is InChI=1S/C21H25ClO5/c1-21(2,3)11-19(23)26-13-8-9-14-17(10-13)25-12-18(20(14)24)27-16-7-5-4-6-15(16)22/h4-7,12-14,17H,8-11H2,1-3H3. The van der Waals surface area contributed by atoms with Gasteiger partial charge < -0.3 is 14.2 Å². The SMILES string of the molecule is CC(C)(C)CC(=O)OC1CCC2C(=O)C(Oc3ccccc3Cl)=COC2C1. The quantitative estimate of drug-likeness (QED) is 0.696. The van der Waals surface area contributed by atoms with Crippen molar-refractivity contribution in [1.29, 1.82) is 0 Å². The van der Waals surface area contributed by atoms with Crippen molar-refractivity contribution in [3.05, 3.63) is 41.3 Å². The number of rotatable bonds is 4. The number of halogens is 1. The van der Waals surface area contributed by atoms with Crippen molar-refractivity contribution >= 4 is 23.4 Å². The molecule has 0 saturated heterocycles. The molecule has 1 aromatic carbocycles. The summed E-state index contributed by atoms with van der Waals surface area (Å²) in [4.78, 5) is 24.8. The molecule has 0 bridgehead atoms.